The molecule has 0 aliphatic carbocycles. The molecule has 1 N–H and O–H groups in total. The van der Waals surface area contributed by atoms with E-state index in [9.17, 15) is 9.50 Å². The van der Waals surface area contributed by atoms with Gasteiger partial charge in [-0.3, -0.25) is 0 Å². The van der Waals surface area contributed by atoms with Crippen molar-refractivity contribution in [2.45, 2.75) is 19.8 Å². The maximum Gasteiger partial charge on any atom is 0.123 e. The molecule has 2 aromatic rings. The Kier molecular flexibility index (Phi) is 4.69. The van der Waals surface area contributed by atoms with E-state index in [0.717, 1.165) is 18.4 Å². The fraction of sp³-hybridized carbons (Fsp3) is 0.294. The van der Waals surface area contributed by atoms with Gasteiger partial charge in [0.25, 0.3) is 0 Å². The Hall–Kier alpha value is -1.67. The van der Waals surface area contributed by atoms with E-state index in [1.807, 2.05) is 12.1 Å². The summed E-state index contributed by atoms with van der Waals surface area (Å²) in [6.45, 7) is 2.23. The van der Waals surface area contributed by atoms with Crippen molar-refractivity contribution in [1.29, 1.82) is 0 Å². The molecular formula is C17H19FO. The SMILES string of the molecule is Cc1ccccc1CC(CO)Cc1ccc(F)cc1. The van der Waals surface area contributed by atoms with E-state index in [0.29, 0.717) is 0 Å². The molecule has 0 fully saturated rings. The van der Waals surface area contributed by atoms with Gasteiger partial charge in [0.2, 0.25) is 0 Å². The fourth-order valence-corrected chi connectivity index (χ4v) is 2.31. The third kappa shape index (κ3) is 3.90. The van der Waals surface area contributed by atoms with Gasteiger partial charge in [0, 0.05) is 6.61 Å². The summed E-state index contributed by atoms with van der Waals surface area (Å²) in [5.74, 6) is -0.0465. The summed E-state index contributed by atoms with van der Waals surface area (Å²) < 4.78 is 12.9. The molecule has 1 nitrogen and oxygen atoms in total. The van der Waals surface area contributed by atoms with Crippen LogP contribution in [0.25, 0.3) is 0 Å². The fourth-order valence-electron chi connectivity index (χ4n) is 2.31. The highest BCUT2D eigenvalue weighted by atomic mass is 19.1. The Morgan fingerprint density at radius 3 is 2.32 bits per heavy atom. The van der Waals surface area contributed by atoms with Crippen LogP contribution in [0.5, 0.6) is 0 Å². The number of benzene rings is 2. The smallest absolute Gasteiger partial charge is 0.123 e. The molecule has 100 valence electrons. The molecule has 0 saturated carbocycles. The number of aliphatic hydroxyl groups excluding tert-OH is 1. The summed E-state index contributed by atoms with van der Waals surface area (Å²) in [7, 11) is 0. The van der Waals surface area contributed by atoms with Gasteiger partial charge >= 0.3 is 0 Å². The topological polar surface area (TPSA) is 20.2 Å². The second kappa shape index (κ2) is 6.48. The van der Waals surface area contributed by atoms with Gasteiger partial charge in [-0.15, -0.1) is 0 Å². The minimum atomic E-state index is -0.219. The van der Waals surface area contributed by atoms with E-state index in [-0.39, 0.29) is 18.3 Å². The van der Waals surface area contributed by atoms with Crippen molar-refractivity contribution < 1.29 is 9.50 Å². The average Bonchev–Trinajstić information content (AvgIpc) is 2.43. The van der Waals surface area contributed by atoms with Crippen LogP contribution in [0.1, 0.15) is 16.7 Å². The van der Waals surface area contributed by atoms with Crippen LogP contribution in [0.2, 0.25) is 0 Å². The third-order valence-electron chi connectivity index (χ3n) is 3.47. The van der Waals surface area contributed by atoms with Crippen LogP contribution in [0.15, 0.2) is 48.5 Å². The Balaban J connectivity index is 2.05. The van der Waals surface area contributed by atoms with Gasteiger partial charge in [-0.25, -0.2) is 4.39 Å². The lowest BCUT2D eigenvalue weighted by molar-refractivity contribution is 0.225. The molecule has 0 aliphatic heterocycles. The van der Waals surface area contributed by atoms with Gasteiger partial charge in [0.15, 0.2) is 0 Å². The summed E-state index contributed by atoms with van der Waals surface area (Å²) in [5, 5.41) is 9.52. The zero-order chi connectivity index (χ0) is 13.7. The molecule has 2 aromatic carbocycles. The molecule has 1 unspecified atom stereocenters. The molecule has 0 aromatic heterocycles. The maximum absolute atomic E-state index is 12.9. The van der Waals surface area contributed by atoms with Crippen molar-refractivity contribution in [3.63, 3.8) is 0 Å². The average molecular weight is 258 g/mol. The monoisotopic (exact) mass is 258 g/mol. The molecule has 0 heterocycles. The molecular weight excluding hydrogens is 239 g/mol. The standard InChI is InChI=1S/C17H19FO/c1-13-4-2-3-5-16(13)11-15(12-19)10-14-6-8-17(18)9-7-14/h2-9,15,19H,10-12H2,1H3. The van der Waals surface area contributed by atoms with Crippen molar-refractivity contribution >= 4 is 0 Å². The van der Waals surface area contributed by atoms with Gasteiger partial charge in [0.1, 0.15) is 5.82 Å². The molecule has 0 spiro atoms. The van der Waals surface area contributed by atoms with Gasteiger partial charge in [0.05, 0.1) is 0 Å². The molecule has 1 atom stereocenters. The molecule has 0 bridgehead atoms. The number of hydrogen-bond acceptors (Lipinski definition) is 1. The Morgan fingerprint density at radius 1 is 1.00 bits per heavy atom. The molecule has 19 heavy (non-hydrogen) atoms. The molecule has 0 aliphatic rings. The van der Waals surface area contributed by atoms with Crippen LogP contribution in [-0.4, -0.2) is 11.7 Å². The second-order valence-electron chi connectivity index (χ2n) is 5.01. The van der Waals surface area contributed by atoms with Gasteiger partial charge in [-0.2, -0.15) is 0 Å². The van der Waals surface area contributed by atoms with E-state index in [2.05, 4.69) is 19.1 Å². The highest BCUT2D eigenvalue weighted by Gasteiger charge is 2.11. The molecule has 0 amide bonds. The molecule has 0 saturated heterocycles. The van der Waals surface area contributed by atoms with E-state index in [4.69, 9.17) is 0 Å². The van der Waals surface area contributed by atoms with E-state index < -0.39 is 0 Å². The van der Waals surface area contributed by atoms with Crippen LogP contribution in [0, 0.1) is 18.7 Å². The van der Waals surface area contributed by atoms with Crippen LogP contribution in [0.3, 0.4) is 0 Å². The lowest BCUT2D eigenvalue weighted by Gasteiger charge is -2.15. The molecule has 2 rings (SSSR count). The van der Waals surface area contributed by atoms with Crippen LogP contribution in [-0.2, 0) is 12.8 Å². The first kappa shape index (κ1) is 13.8. The van der Waals surface area contributed by atoms with Crippen molar-refractivity contribution in [2.24, 2.45) is 5.92 Å². The van der Waals surface area contributed by atoms with Crippen molar-refractivity contribution in [1.82, 2.24) is 0 Å². The number of halogens is 1. The highest BCUT2D eigenvalue weighted by Crippen LogP contribution is 2.17. The predicted octanol–water partition coefficient (Wildman–Crippen LogP) is 3.53. The van der Waals surface area contributed by atoms with Crippen molar-refractivity contribution in [3.8, 4) is 0 Å². The maximum atomic E-state index is 12.9. The normalized spacial score (nSPS) is 12.4. The van der Waals surface area contributed by atoms with Gasteiger partial charge in [-0.05, 0) is 54.5 Å². The van der Waals surface area contributed by atoms with Crippen LogP contribution >= 0.6 is 0 Å². The first-order valence-electron chi connectivity index (χ1n) is 6.59. The summed E-state index contributed by atoms with van der Waals surface area (Å²) >= 11 is 0. The lowest BCUT2D eigenvalue weighted by atomic mass is 9.91. The summed E-state index contributed by atoms with van der Waals surface area (Å²) in [4.78, 5) is 0. The highest BCUT2D eigenvalue weighted by molar-refractivity contribution is 5.26. The number of aryl methyl sites for hydroxylation is 1. The summed E-state index contributed by atoms with van der Waals surface area (Å²) in [6.07, 6.45) is 1.62. The van der Waals surface area contributed by atoms with E-state index >= 15 is 0 Å². The van der Waals surface area contributed by atoms with Crippen molar-refractivity contribution in [3.05, 3.63) is 71.0 Å². The third-order valence-corrected chi connectivity index (χ3v) is 3.47. The number of aliphatic hydroxyl groups is 1. The second-order valence-corrected chi connectivity index (χ2v) is 5.01. The lowest BCUT2D eigenvalue weighted by Crippen LogP contribution is -2.13. The Morgan fingerprint density at radius 2 is 1.68 bits per heavy atom. The quantitative estimate of drug-likeness (QED) is 0.870. The van der Waals surface area contributed by atoms with Gasteiger partial charge in [-0.1, -0.05) is 36.4 Å². The number of rotatable bonds is 5. The van der Waals surface area contributed by atoms with E-state index in [1.165, 1.54) is 23.3 Å². The molecule has 2 heteroatoms. The van der Waals surface area contributed by atoms with E-state index in [1.54, 1.807) is 12.1 Å². The Labute approximate surface area is 113 Å². The van der Waals surface area contributed by atoms with Crippen LogP contribution < -0.4 is 0 Å². The largest absolute Gasteiger partial charge is 0.396 e. The predicted molar refractivity (Wildman–Crippen MR) is 75.6 cm³/mol. The Bertz CT molecular complexity index is 519. The zero-order valence-electron chi connectivity index (χ0n) is 11.1. The van der Waals surface area contributed by atoms with Gasteiger partial charge < -0.3 is 5.11 Å². The summed E-state index contributed by atoms with van der Waals surface area (Å²) in [6, 6.07) is 14.7. The minimum absolute atomic E-state index is 0.145. The number of hydrogen-bond donors (Lipinski definition) is 1. The zero-order valence-corrected chi connectivity index (χ0v) is 11.1. The summed E-state index contributed by atoms with van der Waals surface area (Å²) in [5.41, 5.74) is 3.58. The van der Waals surface area contributed by atoms with Crippen LogP contribution in [0.4, 0.5) is 4.39 Å². The van der Waals surface area contributed by atoms with Crippen molar-refractivity contribution in [2.75, 3.05) is 6.61 Å². The first-order valence-corrected chi connectivity index (χ1v) is 6.59. The molecule has 0 radical (unpaired) electrons. The minimum Gasteiger partial charge on any atom is -0.396 e. The first-order chi connectivity index (χ1) is 9.19.